The molecule has 2 aromatic rings. The van der Waals surface area contributed by atoms with E-state index in [4.69, 9.17) is 9.15 Å². The summed E-state index contributed by atoms with van der Waals surface area (Å²) in [4.78, 5) is 25.9. The van der Waals surface area contributed by atoms with Gasteiger partial charge in [-0.05, 0) is 49.8 Å². The second kappa shape index (κ2) is 7.30. The highest BCUT2D eigenvalue weighted by Gasteiger charge is 2.25. The summed E-state index contributed by atoms with van der Waals surface area (Å²) in [7, 11) is 1.83. The Balaban J connectivity index is 1.73. The van der Waals surface area contributed by atoms with Gasteiger partial charge >= 0.3 is 5.63 Å². The molecule has 0 aliphatic heterocycles. The van der Waals surface area contributed by atoms with Crippen LogP contribution in [0.1, 0.15) is 38.7 Å². The predicted octanol–water partition coefficient (Wildman–Crippen LogP) is 3.38. The van der Waals surface area contributed by atoms with Gasteiger partial charge in [0.15, 0.2) is 6.10 Å². The highest BCUT2D eigenvalue weighted by atomic mass is 16.5. The van der Waals surface area contributed by atoms with Crippen LogP contribution in [-0.2, 0) is 11.2 Å². The van der Waals surface area contributed by atoms with E-state index < -0.39 is 6.10 Å². The number of likely N-dealkylation sites (N-methyl/N-ethyl adjacent to an activating group) is 1. The number of rotatable bonds is 6. The summed E-state index contributed by atoms with van der Waals surface area (Å²) < 4.78 is 11.1. The van der Waals surface area contributed by atoms with Gasteiger partial charge < -0.3 is 14.1 Å². The standard InChI is InChI=1S/C20H25NO4/c1-4-15-10-19(22)25-18-11-16(8-9-17(15)18)24-13(2)20(23)21(3)12-14-6-5-7-14/h8-11,13-14H,4-7,12H2,1-3H3. The van der Waals surface area contributed by atoms with Crippen molar-refractivity contribution in [2.45, 2.75) is 45.6 Å². The first-order valence-electron chi connectivity index (χ1n) is 8.96. The van der Waals surface area contributed by atoms with Gasteiger partial charge in [-0.15, -0.1) is 0 Å². The maximum absolute atomic E-state index is 12.5. The van der Waals surface area contributed by atoms with Crippen molar-refractivity contribution >= 4 is 16.9 Å². The van der Waals surface area contributed by atoms with Crippen molar-refractivity contribution in [3.8, 4) is 5.75 Å². The Morgan fingerprint density at radius 1 is 1.36 bits per heavy atom. The number of carbonyl (C=O) groups is 1. The van der Waals surface area contributed by atoms with Crippen molar-refractivity contribution in [2.24, 2.45) is 5.92 Å². The normalized spacial score (nSPS) is 15.6. The van der Waals surface area contributed by atoms with Crippen LogP contribution in [0.4, 0.5) is 0 Å². The molecular formula is C20H25NO4. The van der Waals surface area contributed by atoms with Crippen molar-refractivity contribution in [3.63, 3.8) is 0 Å². The molecule has 1 unspecified atom stereocenters. The van der Waals surface area contributed by atoms with Gasteiger partial charge in [-0.1, -0.05) is 13.3 Å². The molecule has 3 rings (SSSR count). The summed E-state index contributed by atoms with van der Waals surface area (Å²) in [5.74, 6) is 1.13. The number of fused-ring (bicyclic) bond motifs is 1. The molecule has 5 heteroatoms. The third-order valence-corrected chi connectivity index (χ3v) is 4.98. The van der Waals surface area contributed by atoms with Gasteiger partial charge in [-0.25, -0.2) is 4.79 Å². The summed E-state index contributed by atoms with van der Waals surface area (Å²) >= 11 is 0. The molecule has 0 saturated heterocycles. The monoisotopic (exact) mass is 343 g/mol. The quantitative estimate of drug-likeness (QED) is 0.755. The fraction of sp³-hybridized carbons (Fsp3) is 0.500. The molecule has 1 heterocycles. The molecule has 1 aromatic heterocycles. The maximum atomic E-state index is 12.5. The van der Waals surface area contributed by atoms with Gasteiger partial charge in [0.25, 0.3) is 5.91 Å². The molecule has 0 bridgehead atoms. The second-order valence-electron chi connectivity index (χ2n) is 6.88. The van der Waals surface area contributed by atoms with Crippen LogP contribution in [0.15, 0.2) is 33.5 Å². The minimum atomic E-state index is -0.580. The number of nitrogens with zero attached hydrogens (tertiary/aromatic N) is 1. The van der Waals surface area contributed by atoms with E-state index in [0.29, 0.717) is 17.3 Å². The van der Waals surface area contributed by atoms with Crippen LogP contribution < -0.4 is 10.4 Å². The number of ether oxygens (including phenoxy) is 1. The van der Waals surface area contributed by atoms with Crippen LogP contribution in [0.2, 0.25) is 0 Å². The first kappa shape index (κ1) is 17.5. The van der Waals surface area contributed by atoms with E-state index in [9.17, 15) is 9.59 Å². The molecule has 1 aromatic carbocycles. The molecule has 0 spiro atoms. The molecule has 1 saturated carbocycles. The Bertz CT molecular complexity index is 822. The van der Waals surface area contributed by atoms with Crippen molar-refractivity contribution in [1.29, 1.82) is 0 Å². The maximum Gasteiger partial charge on any atom is 0.336 e. The summed E-state index contributed by atoms with van der Waals surface area (Å²) in [5.41, 5.74) is 1.07. The van der Waals surface area contributed by atoms with E-state index in [0.717, 1.165) is 23.9 Å². The Kier molecular flexibility index (Phi) is 5.11. The molecule has 1 aliphatic carbocycles. The highest BCUT2D eigenvalue weighted by molar-refractivity contribution is 5.83. The third-order valence-electron chi connectivity index (χ3n) is 4.98. The number of carbonyl (C=O) groups excluding carboxylic acids is 1. The summed E-state index contributed by atoms with van der Waals surface area (Å²) in [6.07, 6.45) is 3.85. The Hall–Kier alpha value is -2.30. The van der Waals surface area contributed by atoms with Crippen molar-refractivity contribution in [3.05, 3.63) is 40.2 Å². The molecular weight excluding hydrogens is 318 g/mol. The van der Waals surface area contributed by atoms with E-state index in [1.54, 1.807) is 17.9 Å². The number of amides is 1. The SMILES string of the molecule is CCc1cc(=O)oc2cc(OC(C)C(=O)N(C)CC3CCC3)ccc12. The molecule has 1 fully saturated rings. The smallest absolute Gasteiger partial charge is 0.336 e. The third kappa shape index (κ3) is 3.86. The average Bonchev–Trinajstić information content (AvgIpc) is 2.55. The van der Waals surface area contributed by atoms with Gasteiger partial charge in [0.05, 0.1) is 0 Å². The molecule has 1 amide bonds. The zero-order valence-electron chi connectivity index (χ0n) is 15.1. The summed E-state index contributed by atoms with van der Waals surface area (Å²) in [6.45, 7) is 4.54. The lowest BCUT2D eigenvalue weighted by molar-refractivity contribution is -0.137. The van der Waals surface area contributed by atoms with Gasteiger partial charge in [0.1, 0.15) is 11.3 Å². The van der Waals surface area contributed by atoms with E-state index >= 15 is 0 Å². The minimum Gasteiger partial charge on any atom is -0.481 e. The van der Waals surface area contributed by atoms with Crippen molar-refractivity contribution in [1.82, 2.24) is 4.90 Å². The topological polar surface area (TPSA) is 59.8 Å². The van der Waals surface area contributed by atoms with Crippen LogP contribution in [0.25, 0.3) is 11.0 Å². The zero-order chi connectivity index (χ0) is 18.0. The lowest BCUT2D eigenvalue weighted by atomic mass is 9.85. The molecule has 5 nitrogen and oxygen atoms in total. The first-order chi connectivity index (χ1) is 12.0. The van der Waals surface area contributed by atoms with Crippen molar-refractivity contribution < 1.29 is 13.9 Å². The summed E-state index contributed by atoms with van der Waals surface area (Å²) in [5, 5.41) is 0.899. The molecule has 0 N–H and O–H groups in total. The van der Waals surface area contributed by atoms with Crippen LogP contribution in [0, 0.1) is 5.92 Å². The van der Waals surface area contributed by atoms with E-state index in [2.05, 4.69) is 0 Å². The molecule has 1 atom stereocenters. The van der Waals surface area contributed by atoms with Crippen LogP contribution >= 0.6 is 0 Å². The Labute approximate surface area is 147 Å². The Morgan fingerprint density at radius 2 is 2.12 bits per heavy atom. The summed E-state index contributed by atoms with van der Waals surface area (Å²) in [6, 6.07) is 6.90. The highest BCUT2D eigenvalue weighted by Crippen LogP contribution is 2.27. The van der Waals surface area contributed by atoms with Gasteiger partial charge in [0, 0.05) is 31.1 Å². The Morgan fingerprint density at radius 3 is 2.76 bits per heavy atom. The second-order valence-corrected chi connectivity index (χ2v) is 6.88. The lowest BCUT2D eigenvalue weighted by Crippen LogP contribution is -2.41. The van der Waals surface area contributed by atoms with Crippen LogP contribution in [0.5, 0.6) is 5.75 Å². The van der Waals surface area contributed by atoms with E-state index in [1.807, 2.05) is 26.1 Å². The van der Waals surface area contributed by atoms with E-state index in [1.165, 1.54) is 25.3 Å². The number of benzene rings is 1. The minimum absolute atomic E-state index is 0.0317. The largest absolute Gasteiger partial charge is 0.481 e. The molecule has 0 radical (unpaired) electrons. The van der Waals surface area contributed by atoms with Crippen LogP contribution in [-0.4, -0.2) is 30.5 Å². The molecule has 134 valence electrons. The number of hydrogen-bond acceptors (Lipinski definition) is 4. The fourth-order valence-corrected chi connectivity index (χ4v) is 3.29. The zero-order valence-corrected chi connectivity index (χ0v) is 15.1. The van der Waals surface area contributed by atoms with E-state index in [-0.39, 0.29) is 11.5 Å². The fourth-order valence-electron chi connectivity index (χ4n) is 3.29. The van der Waals surface area contributed by atoms with Gasteiger partial charge in [-0.3, -0.25) is 4.79 Å². The number of aryl methyl sites for hydroxylation is 1. The van der Waals surface area contributed by atoms with Crippen molar-refractivity contribution in [2.75, 3.05) is 13.6 Å². The first-order valence-corrected chi connectivity index (χ1v) is 8.96. The van der Waals surface area contributed by atoms with Crippen LogP contribution in [0.3, 0.4) is 0 Å². The predicted molar refractivity (Wildman–Crippen MR) is 96.9 cm³/mol. The lowest BCUT2D eigenvalue weighted by Gasteiger charge is -2.31. The molecule has 1 aliphatic rings. The molecule has 25 heavy (non-hydrogen) atoms. The number of hydrogen-bond donors (Lipinski definition) is 0. The van der Waals surface area contributed by atoms with Gasteiger partial charge in [-0.2, -0.15) is 0 Å². The van der Waals surface area contributed by atoms with Gasteiger partial charge in [0.2, 0.25) is 0 Å². The average molecular weight is 343 g/mol.